The van der Waals surface area contributed by atoms with E-state index in [1.807, 2.05) is 0 Å². The van der Waals surface area contributed by atoms with Gasteiger partial charge < -0.3 is 5.32 Å². The predicted molar refractivity (Wildman–Crippen MR) is 67.3 cm³/mol. The maximum atomic E-state index is 13.5. The van der Waals surface area contributed by atoms with E-state index in [2.05, 4.69) is 31.2 Å². The van der Waals surface area contributed by atoms with Gasteiger partial charge in [0.05, 0.1) is 4.47 Å². The van der Waals surface area contributed by atoms with Crippen molar-refractivity contribution in [3.05, 3.63) is 28.5 Å². The van der Waals surface area contributed by atoms with Crippen molar-refractivity contribution in [2.45, 2.75) is 32.2 Å². The molecule has 0 amide bonds. The van der Waals surface area contributed by atoms with Gasteiger partial charge in [0, 0.05) is 24.4 Å². The van der Waals surface area contributed by atoms with Gasteiger partial charge in [-0.05, 0) is 22.4 Å². The maximum Gasteiger partial charge on any atom is 0.412 e. The van der Waals surface area contributed by atoms with Crippen molar-refractivity contribution in [1.82, 2.24) is 9.97 Å². The van der Waals surface area contributed by atoms with E-state index in [-0.39, 0.29) is 12.4 Å². The molecule has 0 radical (unpaired) electrons. The van der Waals surface area contributed by atoms with Gasteiger partial charge in [-0.3, -0.25) is 0 Å². The molecular weight excluding hydrogens is 330 g/mol. The lowest BCUT2D eigenvalue weighted by Gasteiger charge is -2.12. The third kappa shape index (κ3) is 5.54. The van der Waals surface area contributed by atoms with Crippen molar-refractivity contribution < 1.29 is 17.6 Å². The Labute approximate surface area is 116 Å². The molecule has 0 saturated heterocycles. The van der Waals surface area contributed by atoms with Crippen LogP contribution in [0.5, 0.6) is 0 Å². The fourth-order valence-electron chi connectivity index (χ4n) is 1.29. The number of rotatable bonds is 5. The average Bonchev–Trinajstić information content (AvgIpc) is 2.31. The molecule has 1 aromatic heterocycles. The average molecular weight is 342 g/mol. The van der Waals surface area contributed by atoms with Crippen molar-refractivity contribution in [1.29, 1.82) is 0 Å². The van der Waals surface area contributed by atoms with E-state index < -0.39 is 24.5 Å². The molecule has 0 saturated carbocycles. The van der Waals surface area contributed by atoms with Crippen LogP contribution in [0, 0.1) is 0 Å². The molecule has 1 rings (SSSR count). The largest absolute Gasteiger partial charge is 0.412 e. The van der Waals surface area contributed by atoms with Gasteiger partial charge in [0.2, 0.25) is 5.95 Å². The second kappa shape index (κ2) is 6.83. The van der Waals surface area contributed by atoms with Crippen molar-refractivity contribution in [2.75, 3.05) is 5.32 Å². The molecule has 19 heavy (non-hydrogen) atoms. The summed E-state index contributed by atoms with van der Waals surface area (Å²) in [4.78, 5) is 7.52. The van der Waals surface area contributed by atoms with Crippen LogP contribution in [0.25, 0.3) is 0 Å². The number of anilines is 1. The summed E-state index contributed by atoms with van der Waals surface area (Å²) in [5.41, 5.74) is -0.742. The van der Waals surface area contributed by atoms with Crippen LogP contribution in [0.1, 0.15) is 19.8 Å². The summed E-state index contributed by atoms with van der Waals surface area (Å²) in [6.07, 6.45) is -3.02. The minimum Gasteiger partial charge on any atom is -0.324 e. The van der Waals surface area contributed by atoms with Crippen LogP contribution >= 0.6 is 15.9 Å². The number of alkyl halides is 4. The molecule has 1 heterocycles. The molecule has 0 aliphatic heterocycles. The SMILES string of the molecule is CC/C(=C\CC(F)Nc1ncc(Br)cn1)C(F)(F)F. The Morgan fingerprint density at radius 2 is 2.00 bits per heavy atom. The fraction of sp³-hybridized carbons (Fsp3) is 0.455. The number of hydrogen-bond acceptors (Lipinski definition) is 3. The minimum absolute atomic E-state index is 0.0224. The normalized spacial score (nSPS) is 14.3. The Balaban J connectivity index is 2.58. The standard InChI is InChI=1S/C11H12BrF4N3/c1-2-7(11(14,15)16)3-4-9(13)19-10-17-5-8(12)6-18-10/h3,5-6,9H,2,4H2,1H3,(H,17,18,19)/b7-3+. The van der Waals surface area contributed by atoms with E-state index in [0.717, 1.165) is 6.08 Å². The summed E-state index contributed by atoms with van der Waals surface area (Å²) in [6, 6.07) is 0. The second-order valence-corrected chi connectivity index (χ2v) is 4.57. The smallest absolute Gasteiger partial charge is 0.324 e. The Kier molecular flexibility index (Phi) is 5.71. The lowest BCUT2D eigenvalue weighted by atomic mass is 10.1. The molecular formula is C11H12BrF4N3. The van der Waals surface area contributed by atoms with Gasteiger partial charge in [0.1, 0.15) is 0 Å². The maximum absolute atomic E-state index is 13.5. The van der Waals surface area contributed by atoms with Crippen molar-refractivity contribution in [3.63, 3.8) is 0 Å². The van der Waals surface area contributed by atoms with E-state index in [0.29, 0.717) is 4.47 Å². The fourth-order valence-corrected chi connectivity index (χ4v) is 1.50. The monoisotopic (exact) mass is 341 g/mol. The second-order valence-electron chi connectivity index (χ2n) is 3.65. The Bertz CT molecular complexity index is 431. The van der Waals surface area contributed by atoms with Gasteiger partial charge >= 0.3 is 6.18 Å². The lowest BCUT2D eigenvalue weighted by Crippen LogP contribution is -2.16. The summed E-state index contributed by atoms with van der Waals surface area (Å²) in [5.74, 6) is 0.0224. The molecule has 0 spiro atoms. The van der Waals surface area contributed by atoms with Gasteiger partial charge in [-0.25, -0.2) is 14.4 Å². The van der Waals surface area contributed by atoms with E-state index in [4.69, 9.17) is 0 Å². The van der Waals surface area contributed by atoms with Crippen LogP contribution in [-0.2, 0) is 0 Å². The molecule has 0 aliphatic rings. The summed E-state index contributed by atoms with van der Waals surface area (Å²) in [7, 11) is 0. The molecule has 8 heteroatoms. The van der Waals surface area contributed by atoms with Crippen LogP contribution in [-0.4, -0.2) is 22.4 Å². The molecule has 1 N–H and O–H groups in total. The van der Waals surface area contributed by atoms with E-state index in [1.54, 1.807) is 0 Å². The molecule has 1 atom stereocenters. The van der Waals surface area contributed by atoms with Gasteiger partial charge in [-0.15, -0.1) is 0 Å². The van der Waals surface area contributed by atoms with Crippen LogP contribution in [0.2, 0.25) is 0 Å². The topological polar surface area (TPSA) is 37.8 Å². The van der Waals surface area contributed by atoms with E-state index in [1.165, 1.54) is 19.3 Å². The highest BCUT2D eigenvalue weighted by Crippen LogP contribution is 2.28. The van der Waals surface area contributed by atoms with E-state index >= 15 is 0 Å². The highest BCUT2D eigenvalue weighted by molar-refractivity contribution is 9.10. The summed E-state index contributed by atoms with van der Waals surface area (Å²) in [6.45, 7) is 1.37. The quantitative estimate of drug-likeness (QED) is 0.494. The first kappa shape index (κ1) is 15.9. The third-order valence-corrected chi connectivity index (χ3v) is 2.63. The zero-order valence-corrected chi connectivity index (χ0v) is 11.6. The number of nitrogens with one attached hydrogen (secondary N) is 1. The van der Waals surface area contributed by atoms with Gasteiger partial charge in [-0.2, -0.15) is 13.2 Å². The Hall–Kier alpha value is -1.18. The molecule has 0 fully saturated rings. The van der Waals surface area contributed by atoms with Crippen molar-refractivity contribution in [3.8, 4) is 0 Å². The molecule has 1 aromatic rings. The molecule has 1 unspecified atom stereocenters. The van der Waals surface area contributed by atoms with Crippen molar-refractivity contribution in [2.24, 2.45) is 0 Å². The van der Waals surface area contributed by atoms with Gasteiger partial charge in [-0.1, -0.05) is 13.0 Å². The molecule has 106 valence electrons. The van der Waals surface area contributed by atoms with Crippen molar-refractivity contribution >= 4 is 21.9 Å². The molecule has 3 nitrogen and oxygen atoms in total. The predicted octanol–water partition coefficient (Wildman–Crippen LogP) is 4.24. The lowest BCUT2D eigenvalue weighted by molar-refractivity contribution is -0.0938. The number of allylic oxidation sites excluding steroid dienone is 1. The van der Waals surface area contributed by atoms with Crippen LogP contribution < -0.4 is 5.32 Å². The Morgan fingerprint density at radius 3 is 2.47 bits per heavy atom. The summed E-state index contributed by atoms with van der Waals surface area (Å²) in [5, 5.41) is 2.28. The Morgan fingerprint density at radius 1 is 1.42 bits per heavy atom. The zero-order valence-electron chi connectivity index (χ0n) is 10.0. The first-order valence-electron chi connectivity index (χ1n) is 5.47. The first-order valence-corrected chi connectivity index (χ1v) is 6.26. The van der Waals surface area contributed by atoms with Crippen LogP contribution in [0.3, 0.4) is 0 Å². The summed E-state index contributed by atoms with van der Waals surface area (Å²) >= 11 is 3.11. The van der Waals surface area contributed by atoms with Crippen LogP contribution in [0.15, 0.2) is 28.5 Å². The number of nitrogens with zero attached hydrogens (tertiary/aromatic N) is 2. The minimum atomic E-state index is -4.41. The molecule has 0 aliphatic carbocycles. The highest BCUT2D eigenvalue weighted by atomic mass is 79.9. The van der Waals surface area contributed by atoms with E-state index in [9.17, 15) is 17.6 Å². The highest BCUT2D eigenvalue weighted by Gasteiger charge is 2.31. The first-order chi connectivity index (χ1) is 8.82. The van der Waals surface area contributed by atoms with Gasteiger partial charge in [0.15, 0.2) is 6.30 Å². The third-order valence-electron chi connectivity index (χ3n) is 2.22. The van der Waals surface area contributed by atoms with Crippen LogP contribution in [0.4, 0.5) is 23.5 Å². The number of aromatic nitrogens is 2. The number of hydrogen-bond donors (Lipinski definition) is 1. The number of halogens is 5. The molecule has 0 aromatic carbocycles. The zero-order chi connectivity index (χ0) is 14.5. The summed E-state index contributed by atoms with van der Waals surface area (Å²) < 4.78 is 51.3. The van der Waals surface area contributed by atoms with Gasteiger partial charge in [0.25, 0.3) is 0 Å². The molecule has 0 bridgehead atoms.